The van der Waals surface area contributed by atoms with Crippen LogP contribution in [0.4, 0.5) is 0 Å². The van der Waals surface area contributed by atoms with E-state index < -0.39 is 11.4 Å². The molecule has 0 rings (SSSR count). The highest BCUT2D eigenvalue weighted by Gasteiger charge is 2.24. The zero-order chi connectivity index (χ0) is 22.2. The Labute approximate surface area is 182 Å². The second kappa shape index (κ2) is 23.7. The van der Waals surface area contributed by atoms with E-state index in [0.29, 0.717) is 0 Å². The average Bonchev–Trinajstić information content (AvgIpc) is 2.69. The molecule has 0 aliphatic carbocycles. The molecule has 0 bridgehead atoms. The minimum Gasteiger partial charge on any atom is -0.550 e. The smallest absolute Gasteiger partial charge is 0.0951 e. The number of quaternary nitrogens is 1. The van der Waals surface area contributed by atoms with Crippen LogP contribution in [-0.2, 0) is 9.63 Å². The van der Waals surface area contributed by atoms with Crippen molar-refractivity contribution in [3.05, 3.63) is 0 Å². The average molecular weight is 416 g/mol. The molecule has 1 atom stereocenters. The maximum Gasteiger partial charge on any atom is 0.0951 e. The van der Waals surface area contributed by atoms with Crippen molar-refractivity contribution in [3.63, 3.8) is 0 Å². The Morgan fingerprint density at radius 1 is 0.690 bits per heavy atom. The highest BCUT2D eigenvalue weighted by Crippen LogP contribution is 2.31. The Kier molecular flexibility index (Phi) is 25.0. The fraction of sp³-hybridized carbons (Fsp3) is 0.960. The van der Waals surface area contributed by atoms with Gasteiger partial charge in [-0.15, -0.1) is 0 Å². The largest absolute Gasteiger partial charge is 0.550 e. The van der Waals surface area contributed by atoms with Crippen LogP contribution in [0.2, 0.25) is 0 Å². The summed E-state index contributed by atoms with van der Waals surface area (Å²) in [5, 5.41) is 11.6. The number of carbonyl (C=O) groups excluding carboxylic acids is 1. The van der Waals surface area contributed by atoms with Crippen LogP contribution in [0.25, 0.3) is 0 Å². The molecule has 0 heterocycles. The monoisotopic (exact) mass is 415 g/mol. The van der Waals surface area contributed by atoms with E-state index in [0.717, 1.165) is 25.7 Å². The fourth-order valence-electron chi connectivity index (χ4n) is 3.80. The van der Waals surface area contributed by atoms with Crippen molar-refractivity contribution >= 4 is 5.97 Å². The van der Waals surface area contributed by atoms with Crippen molar-refractivity contribution in [2.75, 3.05) is 7.11 Å². The van der Waals surface area contributed by atoms with Gasteiger partial charge in [-0.1, -0.05) is 130 Å². The second-order valence-electron chi connectivity index (χ2n) is 8.94. The van der Waals surface area contributed by atoms with Crippen LogP contribution in [0.3, 0.4) is 0 Å². The maximum atomic E-state index is 11.6. The molecule has 0 aromatic heterocycles. The van der Waals surface area contributed by atoms with Crippen LogP contribution >= 0.6 is 0 Å². The summed E-state index contributed by atoms with van der Waals surface area (Å²) in [6.45, 7) is 6.41. The van der Waals surface area contributed by atoms with Crippen LogP contribution in [0.1, 0.15) is 143 Å². The molecule has 3 N–H and O–H groups in total. The van der Waals surface area contributed by atoms with E-state index in [4.69, 9.17) is 0 Å². The third-order valence-corrected chi connectivity index (χ3v) is 5.91. The van der Waals surface area contributed by atoms with Crippen molar-refractivity contribution in [1.29, 1.82) is 0 Å². The van der Waals surface area contributed by atoms with Crippen molar-refractivity contribution in [2.24, 2.45) is 5.41 Å². The third kappa shape index (κ3) is 21.9. The predicted molar refractivity (Wildman–Crippen MR) is 122 cm³/mol. The first-order chi connectivity index (χ1) is 14.0. The molecule has 0 amide bonds. The number of hydrogen-bond acceptors (Lipinski definition) is 3. The van der Waals surface area contributed by atoms with Crippen molar-refractivity contribution in [3.8, 4) is 0 Å². The molecule has 0 spiro atoms. The van der Waals surface area contributed by atoms with E-state index in [1.165, 1.54) is 103 Å². The molecule has 176 valence electrons. The summed E-state index contributed by atoms with van der Waals surface area (Å²) in [6, 6.07) is 0. The van der Waals surface area contributed by atoms with Crippen molar-refractivity contribution < 1.29 is 20.6 Å². The Hall–Kier alpha value is -0.610. The lowest BCUT2D eigenvalue weighted by Crippen LogP contribution is -2.46. The SMILES string of the molecule is CCCCCCCCCCCC(C)(CCCCCCCCCC)C(=O)[O-].CO[NH3+]. The summed E-state index contributed by atoms with van der Waals surface area (Å²) in [4.78, 5) is 15.6. The Morgan fingerprint density at radius 2 is 0.931 bits per heavy atom. The number of carboxylic acids is 1. The molecule has 0 aliphatic rings. The quantitative estimate of drug-likeness (QED) is 0.196. The maximum absolute atomic E-state index is 11.6. The lowest BCUT2D eigenvalue weighted by molar-refractivity contribution is -0.679. The summed E-state index contributed by atoms with van der Waals surface area (Å²) >= 11 is 0. The molecule has 1 unspecified atom stereocenters. The number of carbonyl (C=O) groups is 1. The third-order valence-electron chi connectivity index (χ3n) is 5.91. The normalized spacial score (nSPS) is 12.9. The van der Waals surface area contributed by atoms with E-state index in [1.807, 2.05) is 6.92 Å². The van der Waals surface area contributed by atoms with E-state index in [2.05, 4.69) is 24.6 Å². The first kappa shape index (κ1) is 30.6. The topological polar surface area (TPSA) is 77.0 Å². The van der Waals surface area contributed by atoms with Gasteiger partial charge in [0.1, 0.15) is 0 Å². The first-order valence-corrected chi connectivity index (χ1v) is 12.5. The van der Waals surface area contributed by atoms with Crippen molar-refractivity contribution in [2.45, 2.75) is 143 Å². The molecule has 4 nitrogen and oxygen atoms in total. The van der Waals surface area contributed by atoms with Gasteiger partial charge in [0, 0.05) is 11.4 Å². The number of rotatable bonds is 20. The van der Waals surface area contributed by atoms with E-state index >= 15 is 0 Å². The summed E-state index contributed by atoms with van der Waals surface area (Å²) in [7, 11) is 1.51. The van der Waals surface area contributed by atoms with Gasteiger partial charge >= 0.3 is 0 Å². The van der Waals surface area contributed by atoms with E-state index in [-0.39, 0.29) is 0 Å². The van der Waals surface area contributed by atoms with Crippen LogP contribution < -0.4 is 11.0 Å². The lowest BCUT2D eigenvalue weighted by Gasteiger charge is -2.31. The van der Waals surface area contributed by atoms with Gasteiger partial charge in [0.25, 0.3) is 0 Å². The van der Waals surface area contributed by atoms with Crippen LogP contribution in [0.5, 0.6) is 0 Å². The molecule has 0 radical (unpaired) electrons. The molecule has 29 heavy (non-hydrogen) atoms. The van der Waals surface area contributed by atoms with Gasteiger partial charge in [0.15, 0.2) is 0 Å². The zero-order valence-corrected chi connectivity index (χ0v) is 20.4. The van der Waals surface area contributed by atoms with E-state index in [1.54, 1.807) is 0 Å². The number of carboxylic acid groups (broad SMARTS) is 1. The molecule has 0 aromatic carbocycles. The van der Waals surface area contributed by atoms with Gasteiger partial charge in [0.05, 0.1) is 7.11 Å². The van der Waals surface area contributed by atoms with Crippen molar-refractivity contribution in [1.82, 2.24) is 0 Å². The molecular weight excluding hydrogens is 362 g/mol. The summed E-state index contributed by atoms with van der Waals surface area (Å²) in [6.07, 6.45) is 23.2. The standard InChI is InChI=1S/C24H48O2.CH6NO/c1-4-6-8-10-12-14-16-18-20-22-24(3,23(25)26)21-19-17-15-13-11-9-7-5-2;1-3-2/h4-22H2,1-3H3,(H,25,26);1-2H3/q;+1/p-1. The highest BCUT2D eigenvalue weighted by molar-refractivity contribution is 5.71. The van der Waals surface area contributed by atoms with Crippen LogP contribution in [0, 0.1) is 5.41 Å². The molecule has 4 heteroatoms. The Bertz CT molecular complexity index is 336. The molecular formula is C25H53NO3. The minimum absolute atomic E-state index is 0.608. The Morgan fingerprint density at radius 3 is 1.17 bits per heavy atom. The van der Waals surface area contributed by atoms with Crippen LogP contribution in [0.15, 0.2) is 0 Å². The fourth-order valence-corrected chi connectivity index (χ4v) is 3.80. The molecule has 0 aromatic rings. The minimum atomic E-state index is -0.833. The molecule has 0 aliphatic heterocycles. The first-order valence-electron chi connectivity index (χ1n) is 12.5. The second-order valence-corrected chi connectivity index (χ2v) is 8.94. The van der Waals surface area contributed by atoms with Gasteiger partial charge in [-0.3, -0.25) is 0 Å². The molecule has 0 fully saturated rings. The number of hydrogen-bond donors (Lipinski definition) is 1. The van der Waals surface area contributed by atoms with Gasteiger partial charge in [-0.05, 0) is 12.8 Å². The predicted octanol–water partition coefficient (Wildman–Crippen LogP) is 5.98. The van der Waals surface area contributed by atoms with Gasteiger partial charge in [-0.2, -0.15) is 0 Å². The van der Waals surface area contributed by atoms with Gasteiger partial charge in [-0.25, -0.2) is 10.7 Å². The molecule has 0 saturated carbocycles. The van der Waals surface area contributed by atoms with Gasteiger partial charge < -0.3 is 9.90 Å². The highest BCUT2D eigenvalue weighted by atomic mass is 16.6. The van der Waals surface area contributed by atoms with E-state index in [9.17, 15) is 9.90 Å². The summed E-state index contributed by atoms with van der Waals surface area (Å²) < 4.78 is 0. The number of unbranched alkanes of at least 4 members (excludes halogenated alkanes) is 15. The molecule has 0 saturated heterocycles. The lowest BCUT2D eigenvalue weighted by atomic mass is 9.80. The van der Waals surface area contributed by atoms with Gasteiger partial charge in [0.2, 0.25) is 0 Å². The van der Waals surface area contributed by atoms with Crippen LogP contribution in [-0.4, -0.2) is 13.1 Å². The Balaban J connectivity index is 0. The summed E-state index contributed by atoms with van der Waals surface area (Å²) in [5.74, 6) is 2.15. The number of aliphatic carboxylic acids is 1. The zero-order valence-electron chi connectivity index (χ0n) is 20.4. The summed E-state index contributed by atoms with van der Waals surface area (Å²) in [5.41, 5.74) is -0.608.